The van der Waals surface area contributed by atoms with E-state index in [9.17, 15) is 8.78 Å². The zero-order valence-electron chi connectivity index (χ0n) is 16.2. The summed E-state index contributed by atoms with van der Waals surface area (Å²) in [4.78, 5) is 6.68. The fourth-order valence-electron chi connectivity index (χ4n) is 2.13. The molecule has 0 saturated heterocycles. The highest BCUT2D eigenvalue weighted by molar-refractivity contribution is 5.79. The number of alkyl halides is 2. The van der Waals surface area contributed by atoms with Crippen LogP contribution in [0.2, 0.25) is 0 Å². The van der Waals surface area contributed by atoms with Crippen molar-refractivity contribution in [1.29, 1.82) is 0 Å². The van der Waals surface area contributed by atoms with E-state index in [1.54, 1.807) is 12.1 Å². The summed E-state index contributed by atoms with van der Waals surface area (Å²) in [5, 5.41) is 6.39. The molecule has 0 unspecified atom stereocenters. The molecule has 0 saturated carbocycles. The monoisotopic (exact) mass is 372 g/mol. The normalized spacial score (nSPS) is 12.0. The minimum absolute atomic E-state index is 0.0972. The number of rotatable bonds is 10. The van der Waals surface area contributed by atoms with Crippen LogP contribution < -0.4 is 20.1 Å². The second-order valence-corrected chi connectivity index (χ2v) is 6.05. The minimum atomic E-state index is -2.89. The van der Waals surface area contributed by atoms with Crippen molar-refractivity contribution in [2.75, 3.05) is 33.8 Å². The maximum Gasteiger partial charge on any atom is 0.387 e. The molecule has 2 N–H and O–H groups in total. The first kappa shape index (κ1) is 22.0. The number of guanidine groups is 1. The van der Waals surface area contributed by atoms with Gasteiger partial charge in [-0.1, -0.05) is 0 Å². The number of aliphatic imine (C=N–C) groups is 1. The van der Waals surface area contributed by atoms with Crippen LogP contribution in [0.5, 0.6) is 11.5 Å². The van der Waals surface area contributed by atoms with Crippen LogP contribution in [0.15, 0.2) is 23.2 Å². The summed E-state index contributed by atoms with van der Waals surface area (Å²) in [5.41, 5.74) is 0.529. The lowest BCUT2D eigenvalue weighted by atomic mass is 10.2. The zero-order valence-corrected chi connectivity index (χ0v) is 16.2. The summed E-state index contributed by atoms with van der Waals surface area (Å²) in [6.45, 7) is 5.82. The van der Waals surface area contributed by atoms with Gasteiger partial charge in [0.2, 0.25) is 0 Å². The maximum atomic E-state index is 12.6. The first-order valence-electron chi connectivity index (χ1n) is 8.71. The molecule has 0 fully saturated rings. The number of likely N-dealkylation sites (N-methyl/N-ethyl adjacent to an activating group) is 1. The third kappa shape index (κ3) is 7.86. The van der Waals surface area contributed by atoms with Crippen LogP contribution in [0.1, 0.15) is 26.3 Å². The van der Waals surface area contributed by atoms with Gasteiger partial charge in [-0.25, -0.2) is 4.99 Å². The molecule has 6 nitrogen and oxygen atoms in total. The molecular weight excluding hydrogens is 342 g/mol. The molecule has 1 aromatic carbocycles. The number of benzene rings is 1. The van der Waals surface area contributed by atoms with E-state index in [-0.39, 0.29) is 12.3 Å². The molecule has 1 aromatic rings. The third-order valence-electron chi connectivity index (χ3n) is 3.87. The van der Waals surface area contributed by atoms with E-state index in [4.69, 9.17) is 4.74 Å². The van der Waals surface area contributed by atoms with Gasteiger partial charge in [0.25, 0.3) is 0 Å². The summed E-state index contributed by atoms with van der Waals surface area (Å²) < 4.78 is 34.9. The molecule has 26 heavy (non-hydrogen) atoms. The van der Waals surface area contributed by atoms with Gasteiger partial charge in [-0.05, 0) is 46.0 Å². The highest BCUT2D eigenvalue weighted by Gasteiger charge is 2.11. The van der Waals surface area contributed by atoms with Crippen molar-refractivity contribution in [3.05, 3.63) is 23.8 Å². The predicted molar refractivity (Wildman–Crippen MR) is 100 cm³/mol. The van der Waals surface area contributed by atoms with Gasteiger partial charge in [0.05, 0.1) is 13.7 Å². The first-order valence-corrected chi connectivity index (χ1v) is 8.71. The van der Waals surface area contributed by atoms with Gasteiger partial charge >= 0.3 is 6.61 Å². The molecule has 0 aliphatic heterocycles. The second kappa shape index (κ2) is 11.5. The molecule has 0 amide bonds. The van der Waals surface area contributed by atoms with Crippen molar-refractivity contribution in [1.82, 2.24) is 15.5 Å². The quantitative estimate of drug-likeness (QED) is 0.489. The van der Waals surface area contributed by atoms with Gasteiger partial charge in [-0.2, -0.15) is 8.78 Å². The molecular formula is C18H30F2N4O2. The van der Waals surface area contributed by atoms with Crippen LogP contribution in [0.25, 0.3) is 0 Å². The lowest BCUT2D eigenvalue weighted by molar-refractivity contribution is -0.0504. The highest BCUT2D eigenvalue weighted by Crippen LogP contribution is 2.26. The molecule has 0 heterocycles. The summed E-state index contributed by atoms with van der Waals surface area (Å²) >= 11 is 0. The Morgan fingerprint density at radius 2 is 2.00 bits per heavy atom. The summed E-state index contributed by atoms with van der Waals surface area (Å²) in [6.07, 6.45) is 0. The molecule has 0 aliphatic rings. The Morgan fingerprint density at radius 3 is 2.58 bits per heavy atom. The van der Waals surface area contributed by atoms with Crippen LogP contribution in [0, 0.1) is 0 Å². The SMILES string of the molecule is CCNC(=NCc1cc(OC)ccc1OC(F)F)NCCN(C)C(C)C. The van der Waals surface area contributed by atoms with E-state index in [1.165, 1.54) is 13.2 Å². The molecule has 8 heteroatoms. The molecule has 0 radical (unpaired) electrons. The number of hydrogen-bond acceptors (Lipinski definition) is 4. The lowest BCUT2D eigenvalue weighted by Crippen LogP contribution is -2.42. The van der Waals surface area contributed by atoms with Crippen molar-refractivity contribution in [3.8, 4) is 11.5 Å². The smallest absolute Gasteiger partial charge is 0.387 e. The number of nitrogens with zero attached hydrogens (tertiary/aromatic N) is 2. The van der Waals surface area contributed by atoms with Crippen LogP contribution in [-0.4, -0.2) is 57.3 Å². The third-order valence-corrected chi connectivity index (χ3v) is 3.87. The molecule has 0 aromatic heterocycles. The van der Waals surface area contributed by atoms with Crippen molar-refractivity contribution < 1.29 is 18.3 Å². The molecule has 0 spiro atoms. The minimum Gasteiger partial charge on any atom is -0.497 e. The number of hydrogen-bond donors (Lipinski definition) is 2. The number of nitrogens with one attached hydrogen (secondary N) is 2. The van der Waals surface area contributed by atoms with Crippen LogP contribution in [-0.2, 0) is 6.54 Å². The maximum absolute atomic E-state index is 12.6. The molecule has 1 rings (SSSR count). The Bertz CT molecular complexity index is 568. The van der Waals surface area contributed by atoms with Gasteiger partial charge in [-0.15, -0.1) is 0 Å². The van der Waals surface area contributed by atoms with Crippen molar-refractivity contribution in [2.24, 2.45) is 4.99 Å². The largest absolute Gasteiger partial charge is 0.497 e. The van der Waals surface area contributed by atoms with Gasteiger partial charge in [0, 0.05) is 31.2 Å². The van der Waals surface area contributed by atoms with Crippen LogP contribution in [0.4, 0.5) is 8.78 Å². The Labute approximate surface area is 154 Å². The summed E-state index contributed by atoms with van der Waals surface area (Å²) in [7, 11) is 3.58. The number of ether oxygens (including phenoxy) is 2. The van der Waals surface area contributed by atoms with E-state index in [0.717, 1.165) is 13.1 Å². The Balaban J connectivity index is 2.81. The van der Waals surface area contributed by atoms with E-state index in [1.807, 2.05) is 6.92 Å². The fraction of sp³-hybridized carbons (Fsp3) is 0.611. The molecule has 0 bridgehead atoms. The Morgan fingerprint density at radius 1 is 1.27 bits per heavy atom. The van der Waals surface area contributed by atoms with E-state index in [2.05, 4.69) is 46.2 Å². The highest BCUT2D eigenvalue weighted by atomic mass is 19.3. The van der Waals surface area contributed by atoms with Gasteiger partial charge < -0.3 is 25.0 Å². The standard InChI is InChI=1S/C18H30F2N4O2/c1-6-21-18(22-9-10-24(4)13(2)3)23-12-14-11-15(25-5)7-8-16(14)26-17(19)20/h7-8,11,13,17H,6,9-10,12H2,1-5H3,(H2,21,22,23). The van der Waals surface area contributed by atoms with E-state index >= 15 is 0 Å². The van der Waals surface area contributed by atoms with Crippen molar-refractivity contribution >= 4 is 5.96 Å². The molecule has 0 aliphatic carbocycles. The summed E-state index contributed by atoms with van der Waals surface area (Å²) in [5.74, 6) is 1.28. The van der Waals surface area contributed by atoms with Gasteiger partial charge in [0.15, 0.2) is 5.96 Å². The van der Waals surface area contributed by atoms with Crippen molar-refractivity contribution in [2.45, 2.75) is 40.0 Å². The predicted octanol–water partition coefficient (Wildman–Crippen LogP) is 2.69. The Hall–Kier alpha value is -2.09. The topological polar surface area (TPSA) is 58.1 Å². The van der Waals surface area contributed by atoms with Gasteiger partial charge in [-0.3, -0.25) is 0 Å². The average Bonchev–Trinajstić information content (AvgIpc) is 2.59. The van der Waals surface area contributed by atoms with Crippen LogP contribution >= 0.6 is 0 Å². The van der Waals surface area contributed by atoms with Crippen LogP contribution in [0.3, 0.4) is 0 Å². The van der Waals surface area contributed by atoms with Gasteiger partial charge in [0.1, 0.15) is 11.5 Å². The molecule has 0 atom stereocenters. The number of halogens is 2. The van der Waals surface area contributed by atoms with E-state index in [0.29, 0.717) is 29.9 Å². The Kier molecular flexibility index (Phi) is 9.72. The number of methoxy groups -OCH3 is 1. The van der Waals surface area contributed by atoms with E-state index < -0.39 is 6.61 Å². The summed E-state index contributed by atoms with van der Waals surface area (Å²) in [6, 6.07) is 5.16. The lowest BCUT2D eigenvalue weighted by Gasteiger charge is -2.21. The second-order valence-electron chi connectivity index (χ2n) is 6.05. The average molecular weight is 372 g/mol. The molecule has 148 valence electrons. The fourth-order valence-corrected chi connectivity index (χ4v) is 2.13. The van der Waals surface area contributed by atoms with Crippen molar-refractivity contribution in [3.63, 3.8) is 0 Å². The first-order chi connectivity index (χ1) is 12.4. The zero-order chi connectivity index (χ0) is 19.5.